The molecule has 0 bridgehead atoms. The van der Waals surface area contributed by atoms with E-state index < -0.39 is 109 Å². The van der Waals surface area contributed by atoms with Crippen LogP contribution in [0.15, 0.2) is 113 Å². The molecule has 64 heavy (non-hydrogen) atoms. The predicted molar refractivity (Wildman–Crippen MR) is 215 cm³/mol. The molecule has 11 N–H and O–H groups in total. The predicted octanol–water partition coefficient (Wildman–Crippen LogP) is 6.47. The fraction of sp³-hybridized carbons (Fsp3) is 0. The van der Waals surface area contributed by atoms with Crippen LogP contribution in [0, 0.1) is 18.1 Å². The number of nitrogens with one attached hydrogen (secondary N) is 3. The van der Waals surface area contributed by atoms with Crippen molar-refractivity contribution in [3.63, 3.8) is 0 Å². The molecule has 0 unspecified atom stereocenters. The van der Waals surface area contributed by atoms with Gasteiger partial charge in [-0.1, -0.05) is 17.2 Å². The second-order valence-electron chi connectivity index (χ2n) is 12.0. The summed E-state index contributed by atoms with van der Waals surface area (Å²) in [6, 6.07) is 12.9. The first-order chi connectivity index (χ1) is 30.1. The number of benzene rings is 4. The Morgan fingerprint density at radius 3 is 1.86 bits per heavy atom. The molecule has 26 nitrogen and oxygen atoms in total. The van der Waals surface area contributed by atoms with Crippen molar-refractivity contribution in [2.24, 2.45) is 20.5 Å². The number of rotatable bonds is 16. The van der Waals surface area contributed by atoms with Gasteiger partial charge in [-0.05, 0) is 54.6 Å². The van der Waals surface area contributed by atoms with Crippen LogP contribution in [0.1, 0.15) is 0 Å². The van der Waals surface area contributed by atoms with Crippen LogP contribution in [-0.4, -0.2) is 69.1 Å². The first-order valence-electron chi connectivity index (χ1n) is 16.5. The molecule has 2 aromatic heterocycles. The van der Waals surface area contributed by atoms with E-state index in [0.29, 0.717) is 24.2 Å². The molecule has 0 amide bonds. The van der Waals surface area contributed by atoms with E-state index in [1.807, 2.05) is 0 Å². The number of azo groups is 2. The molecule has 0 saturated carbocycles. The summed E-state index contributed by atoms with van der Waals surface area (Å²) >= 11 is 0.352. The number of nitrogens with two attached hydrogens (primary N) is 2. The summed E-state index contributed by atoms with van der Waals surface area (Å²) in [5, 5.41) is 35.4. The summed E-state index contributed by atoms with van der Waals surface area (Å²) in [5.41, 5.74) is 8.35. The average Bonchev–Trinajstić information content (AvgIpc) is 3.18. The minimum atomic E-state index is -5.22. The number of aromatic nitrogens is 5. The SMILES string of the molecule is Nc1c(N=Nc2cc(Nc3cc(F)nc(F)n3)ccc2S(=O)(=O)O)cc(S(=O)(=O)O)c(N)c1N=Nc1cc(Nc2nc(F)nc(Nc3ccccc3S(=O)(=O)O)n2)ccc1SOOO. The smallest absolute Gasteiger partial charge is 0.315 e. The molecule has 0 atom stereocenters. The van der Waals surface area contributed by atoms with Gasteiger partial charge in [-0.25, -0.2) is 5.26 Å². The lowest BCUT2D eigenvalue weighted by atomic mass is 10.2. The molecular weight excluding hydrogens is 946 g/mol. The minimum Gasteiger partial charge on any atom is -0.396 e. The molecule has 33 heteroatoms. The fourth-order valence-electron chi connectivity index (χ4n) is 5.07. The topological polar surface area (TPSA) is 404 Å². The van der Waals surface area contributed by atoms with Gasteiger partial charge in [0.2, 0.25) is 17.8 Å². The summed E-state index contributed by atoms with van der Waals surface area (Å²) in [7, 11) is -15.0. The second kappa shape index (κ2) is 18.7. The Hall–Kier alpha value is -7.08. The summed E-state index contributed by atoms with van der Waals surface area (Å²) in [6.07, 6.45) is -2.80. The number of hydrogen-bond acceptors (Lipinski definition) is 24. The second-order valence-corrected chi connectivity index (χ2v) is 16.9. The first-order valence-corrected chi connectivity index (χ1v) is 21.6. The Morgan fingerprint density at radius 2 is 1.19 bits per heavy atom. The lowest BCUT2D eigenvalue weighted by molar-refractivity contribution is -0.432. The van der Waals surface area contributed by atoms with E-state index in [1.165, 1.54) is 36.4 Å². The summed E-state index contributed by atoms with van der Waals surface area (Å²) in [4.78, 5) is 14.7. The number of nitrogens with zero attached hydrogens (tertiary/aromatic N) is 9. The summed E-state index contributed by atoms with van der Waals surface area (Å²) in [5.74, 6) is -2.68. The Bertz CT molecular complexity index is 3190. The molecule has 0 aliphatic rings. The molecular formula is C31H23F3N14O12S4. The van der Waals surface area contributed by atoms with Crippen molar-refractivity contribution in [1.82, 2.24) is 24.9 Å². The third-order valence-electron chi connectivity index (χ3n) is 7.69. The van der Waals surface area contributed by atoms with E-state index in [1.54, 1.807) is 0 Å². The summed E-state index contributed by atoms with van der Waals surface area (Å²) in [6.45, 7) is 0. The number of halogens is 3. The third kappa shape index (κ3) is 11.5. The first kappa shape index (κ1) is 46.4. The van der Waals surface area contributed by atoms with Crippen molar-refractivity contribution in [3.05, 3.63) is 90.9 Å². The Kier molecular flexibility index (Phi) is 13.6. The average molecular weight is 969 g/mol. The zero-order chi connectivity index (χ0) is 46.6. The van der Waals surface area contributed by atoms with Gasteiger partial charge in [0.15, 0.2) is 0 Å². The molecule has 334 valence electrons. The molecule has 2 heterocycles. The van der Waals surface area contributed by atoms with Gasteiger partial charge < -0.3 is 27.4 Å². The van der Waals surface area contributed by atoms with Crippen molar-refractivity contribution in [3.8, 4) is 0 Å². The molecule has 0 fully saturated rings. The van der Waals surface area contributed by atoms with Crippen molar-refractivity contribution in [2.45, 2.75) is 19.6 Å². The highest BCUT2D eigenvalue weighted by Gasteiger charge is 2.24. The van der Waals surface area contributed by atoms with Gasteiger partial charge in [0.25, 0.3) is 30.4 Å². The standard InChI is InChI=1S/C31H23F3N14O12S4/c32-23-12-24(41-28(33)40-23)37-13-6-8-21(63(53,54)55)17(10-13)46-47-18-11-22(64(56,57)58)26(36)27(25(18)35)48-45-16-9-14(5-7-19(16)61-60-59-49)38-30-42-29(34)43-31(44-30)39-15-3-1-2-4-20(15)62(50,51)52/h1-12,49H,35-36H2,(H,37,40,41)(H,50,51,52)(H,53,54,55)(H,56,57,58)(H2,38,39,42,43,44). The maximum Gasteiger partial charge on any atom is 0.315 e. The lowest BCUT2D eigenvalue weighted by Crippen LogP contribution is -2.08. The van der Waals surface area contributed by atoms with Crippen LogP contribution in [0.25, 0.3) is 0 Å². The van der Waals surface area contributed by atoms with Gasteiger partial charge in [0.05, 0.1) is 34.0 Å². The maximum atomic E-state index is 14.6. The molecule has 0 saturated heterocycles. The minimum absolute atomic E-state index is 0.00369. The normalized spacial score (nSPS) is 12.2. The van der Waals surface area contributed by atoms with Crippen LogP contribution in [0.3, 0.4) is 0 Å². The molecule has 6 aromatic rings. The van der Waals surface area contributed by atoms with Gasteiger partial charge >= 0.3 is 12.2 Å². The largest absolute Gasteiger partial charge is 0.396 e. The molecule has 6 rings (SSSR count). The Balaban J connectivity index is 1.38. The molecule has 0 spiro atoms. The van der Waals surface area contributed by atoms with Crippen molar-refractivity contribution in [2.75, 3.05) is 27.4 Å². The molecule has 0 radical (unpaired) electrons. The van der Waals surface area contributed by atoms with E-state index in [9.17, 15) is 52.1 Å². The van der Waals surface area contributed by atoms with Crippen LogP contribution in [-0.2, 0) is 39.7 Å². The molecule has 0 aliphatic heterocycles. The number of anilines is 8. The van der Waals surface area contributed by atoms with Crippen LogP contribution >= 0.6 is 12.0 Å². The third-order valence-corrected chi connectivity index (χ3v) is 11.0. The van der Waals surface area contributed by atoms with E-state index in [0.717, 1.165) is 24.3 Å². The molecule has 4 aromatic carbocycles. The number of para-hydroxylation sites is 1. The lowest BCUT2D eigenvalue weighted by Gasteiger charge is -2.12. The summed E-state index contributed by atoms with van der Waals surface area (Å²) < 4.78 is 149. The zero-order valence-electron chi connectivity index (χ0n) is 30.9. The zero-order valence-corrected chi connectivity index (χ0v) is 34.2. The van der Waals surface area contributed by atoms with Crippen LogP contribution in [0.5, 0.6) is 0 Å². The van der Waals surface area contributed by atoms with Gasteiger partial charge in [-0.2, -0.15) is 63.3 Å². The van der Waals surface area contributed by atoms with E-state index >= 15 is 0 Å². The number of hydrogen-bond donors (Lipinski definition) is 9. The highest BCUT2D eigenvalue weighted by atomic mass is 32.2. The van der Waals surface area contributed by atoms with Crippen LogP contribution in [0.2, 0.25) is 0 Å². The highest BCUT2D eigenvalue weighted by Crippen LogP contribution is 2.44. The fourth-order valence-corrected chi connectivity index (χ4v) is 7.37. The highest BCUT2D eigenvalue weighted by molar-refractivity contribution is 7.94. The van der Waals surface area contributed by atoms with Crippen molar-refractivity contribution < 1.29 is 66.7 Å². The van der Waals surface area contributed by atoms with Gasteiger partial charge in [0, 0.05) is 17.4 Å². The van der Waals surface area contributed by atoms with Gasteiger partial charge in [0.1, 0.15) is 43.3 Å². The molecule has 0 aliphatic carbocycles. The Morgan fingerprint density at radius 1 is 0.594 bits per heavy atom. The van der Waals surface area contributed by atoms with Gasteiger partial charge in [-0.3, -0.25) is 13.7 Å². The van der Waals surface area contributed by atoms with E-state index in [4.69, 9.17) is 16.7 Å². The Labute approximate surface area is 360 Å². The van der Waals surface area contributed by atoms with E-state index in [-0.39, 0.29) is 27.6 Å². The van der Waals surface area contributed by atoms with Gasteiger partial charge in [-0.15, -0.1) is 24.8 Å². The van der Waals surface area contributed by atoms with Crippen LogP contribution < -0.4 is 27.4 Å². The quantitative estimate of drug-likeness (QED) is 0.00732. The van der Waals surface area contributed by atoms with Crippen molar-refractivity contribution >= 4 is 111 Å². The van der Waals surface area contributed by atoms with Crippen molar-refractivity contribution in [1.29, 1.82) is 0 Å². The van der Waals surface area contributed by atoms with Crippen LogP contribution in [0.4, 0.5) is 82.1 Å². The number of nitrogen functional groups attached to an aromatic ring is 2. The monoisotopic (exact) mass is 968 g/mol. The van der Waals surface area contributed by atoms with E-state index in [2.05, 4.69) is 70.7 Å². The maximum absolute atomic E-state index is 14.6.